The van der Waals surface area contributed by atoms with E-state index in [0.717, 1.165) is 30.3 Å². The average molecular weight is 437 g/mol. The van der Waals surface area contributed by atoms with Gasteiger partial charge in [-0.3, -0.25) is 4.79 Å². The Kier molecular flexibility index (Phi) is 6.14. The molecule has 0 saturated carbocycles. The van der Waals surface area contributed by atoms with Crippen LogP contribution in [0.1, 0.15) is 10.5 Å². The van der Waals surface area contributed by atoms with Crippen molar-refractivity contribution in [3.8, 4) is 0 Å². The summed E-state index contributed by atoms with van der Waals surface area (Å²) in [5.74, 6) is 1.20. The number of nitrogens with one attached hydrogen (secondary N) is 2. The van der Waals surface area contributed by atoms with Gasteiger partial charge in [-0.2, -0.15) is 16.1 Å². The molecule has 8 nitrogen and oxygen atoms in total. The van der Waals surface area contributed by atoms with E-state index in [1.807, 2.05) is 24.3 Å². The van der Waals surface area contributed by atoms with Crippen LogP contribution < -0.4 is 10.2 Å². The van der Waals surface area contributed by atoms with E-state index < -0.39 is 10.0 Å². The molecule has 2 aromatic rings. The number of ether oxygens (including phenoxy) is 1. The minimum absolute atomic E-state index is 0.121. The Balaban J connectivity index is 1.50. The number of hydrogen-bond acceptors (Lipinski definition) is 6. The molecule has 29 heavy (non-hydrogen) atoms. The van der Waals surface area contributed by atoms with Crippen molar-refractivity contribution in [2.75, 3.05) is 61.1 Å². The Bertz CT molecular complexity index is 964. The van der Waals surface area contributed by atoms with E-state index in [9.17, 15) is 13.2 Å². The minimum atomic E-state index is -3.59. The van der Waals surface area contributed by atoms with Crippen LogP contribution in [0.4, 0.5) is 11.4 Å². The standard InChI is InChI=1S/C19H24N4O4S2/c24-19(21-16-3-1-2-4-18(16)22-5-9-27-10-6-22)17-13-15(14-20-17)29(25,26)23-7-11-28-12-8-23/h1-4,13-14,20H,5-12H2,(H,21,24). The van der Waals surface area contributed by atoms with Crippen LogP contribution in [0.25, 0.3) is 0 Å². The molecule has 0 radical (unpaired) electrons. The lowest BCUT2D eigenvalue weighted by atomic mass is 10.2. The van der Waals surface area contributed by atoms with Crippen LogP contribution in [0.5, 0.6) is 0 Å². The van der Waals surface area contributed by atoms with Crippen molar-refractivity contribution in [2.45, 2.75) is 4.90 Å². The number of hydrogen-bond donors (Lipinski definition) is 2. The molecule has 0 bridgehead atoms. The summed E-state index contributed by atoms with van der Waals surface area (Å²) in [4.78, 5) is 17.9. The number of benzene rings is 1. The first kappa shape index (κ1) is 20.3. The molecule has 1 aromatic carbocycles. The Morgan fingerprint density at radius 3 is 2.59 bits per heavy atom. The lowest BCUT2D eigenvalue weighted by Gasteiger charge is -2.30. The van der Waals surface area contributed by atoms with Gasteiger partial charge in [0.05, 0.1) is 24.6 Å². The second kappa shape index (κ2) is 8.78. The van der Waals surface area contributed by atoms with Crippen LogP contribution in [0.15, 0.2) is 41.4 Å². The highest BCUT2D eigenvalue weighted by atomic mass is 32.2. The van der Waals surface area contributed by atoms with E-state index in [2.05, 4.69) is 15.2 Å². The van der Waals surface area contributed by atoms with E-state index in [4.69, 9.17) is 4.74 Å². The van der Waals surface area contributed by atoms with Crippen molar-refractivity contribution in [3.63, 3.8) is 0 Å². The van der Waals surface area contributed by atoms with Gasteiger partial charge in [-0.25, -0.2) is 8.42 Å². The Labute approximate surface area is 174 Å². The molecular weight excluding hydrogens is 412 g/mol. The highest BCUT2D eigenvalue weighted by molar-refractivity contribution is 7.99. The second-order valence-corrected chi connectivity index (χ2v) is 10.00. The molecule has 2 N–H and O–H groups in total. The number of aromatic nitrogens is 1. The number of anilines is 2. The normalized spacial score (nSPS) is 18.6. The number of sulfonamides is 1. The minimum Gasteiger partial charge on any atom is -0.378 e. The molecule has 2 saturated heterocycles. The van der Waals surface area contributed by atoms with E-state index in [0.29, 0.717) is 32.0 Å². The number of carbonyl (C=O) groups excluding carboxylic acids is 1. The van der Waals surface area contributed by atoms with Gasteiger partial charge in [0.1, 0.15) is 10.6 Å². The summed E-state index contributed by atoms with van der Waals surface area (Å²) in [5.41, 5.74) is 1.83. The van der Waals surface area contributed by atoms with Crippen molar-refractivity contribution >= 4 is 39.1 Å². The van der Waals surface area contributed by atoms with Crippen LogP contribution in [-0.4, -0.2) is 74.5 Å². The van der Waals surface area contributed by atoms with Crippen molar-refractivity contribution in [1.82, 2.24) is 9.29 Å². The zero-order valence-electron chi connectivity index (χ0n) is 16.0. The molecule has 1 aromatic heterocycles. The summed E-state index contributed by atoms with van der Waals surface area (Å²) in [6, 6.07) is 8.99. The highest BCUT2D eigenvalue weighted by Crippen LogP contribution is 2.27. The predicted molar refractivity (Wildman–Crippen MR) is 114 cm³/mol. The van der Waals surface area contributed by atoms with E-state index in [-0.39, 0.29) is 16.5 Å². The van der Waals surface area contributed by atoms with Crippen molar-refractivity contribution in [2.24, 2.45) is 0 Å². The van der Waals surface area contributed by atoms with Crippen LogP contribution in [-0.2, 0) is 14.8 Å². The largest absolute Gasteiger partial charge is 0.378 e. The molecule has 0 spiro atoms. The maximum Gasteiger partial charge on any atom is 0.272 e. The van der Waals surface area contributed by atoms with Gasteiger partial charge in [-0.15, -0.1) is 0 Å². The molecule has 2 aliphatic heterocycles. The number of para-hydroxylation sites is 2. The maximum absolute atomic E-state index is 12.8. The molecule has 0 aliphatic carbocycles. The Morgan fingerprint density at radius 2 is 1.83 bits per heavy atom. The zero-order valence-corrected chi connectivity index (χ0v) is 17.6. The van der Waals surface area contributed by atoms with Gasteiger partial charge in [0, 0.05) is 43.9 Å². The fourth-order valence-corrected chi connectivity index (χ4v) is 6.01. The van der Waals surface area contributed by atoms with Crippen molar-refractivity contribution in [1.29, 1.82) is 0 Å². The molecular formula is C19H24N4O4S2. The third kappa shape index (κ3) is 4.45. The fourth-order valence-electron chi connectivity index (χ4n) is 3.44. The summed E-state index contributed by atoms with van der Waals surface area (Å²) < 4.78 is 32.5. The number of thioether (sulfide) groups is 1. The quantitative estimate of drug-likeness (QED) is 0.743. The Hall–Kier alpha value is -2.01. The number of morpholine rings is 1. The predicted octanol–water partition coefficient (Wildman–Crippen LogP) is 1.84. The molecule has 10 heteroatoms. The number of nitrogens with zero attached hydrogens (tertiary/aromatic N) is 2. The van der Waals surface area contributed by atoms with Crippen LogP contribution in [0.2, 0.25) is 0 Å². The van der Waals surface area contributed by atoms with Gasteiger partial charge in [0.2, 0.25) is 10.0 Å². The van der Waals surface area contributed by atoms with Gasteiger partial charge >= 0.3 is 0 Å². The molecule has 3 heterocycles. The third-order valence-corrected chi connectivity index (χ3v) is 7.83. The molecule has 156 valence electrons. The van der Waals surface area contributed by atoms with E-state index in [1.165, 1.54) is 16.6 Å². The van der Waals surface area contributed by atoms with Crippen LogP contribution in [0.3, 0.4) is 0 Å². The van der Waals surface area contributed by atoms with E-state index in [1.54, 1.807) is 11.8 Å². The number of amides is 1. The zero-order chi connectivity index (χ0) is 20.3. The lowest BCUT2D eigenvalue weighted by molar-refractivity contribution is 0.102. The van der Waals surface area contributed by atoms with Gasteiger partial charge in [0.25, 0.3) is 5.91 Å². The van der Waals surface area contributed by atoms with Gasteiger partial charge in [0.15, 0.2) is 0 Å². The molecule has 1 amide bonds. The summed E-state index contributed by atoms with van der Waals surface area (Å²) in [7, 11) is -3.59. The van der Waals surface area contributed by atoms with Crippen molar-refractivity contribution < 1.29 is 17.9 Å². The van der Waals surface area contributed by atoms with E-state index >= 15 is 0 Å². The SMILES string of the molecule is O=C(Nc1ccccc1N1CCOCC1)c1cc(S(=O)(=O)N2CCSCC2)c[nH]1. The van der Waals surface area contributed by atoms with Gasteiger partial charge in [-0.1, -0.05) is 12.1 Å². The lowest BCUT2D eigenvalue weighted by Crippen LogP contribution is -2.37. The van der Waals surface area contributed by atoms with Gasteiger partial charge in [-0.05, 0) is 18.2 Å². The fraction of sp³-hybridized carbons (Fsp3) is 0.421. The highest BCUT2D eigenvalue weighted by Gasteiger charge is 2.28. The molecule has 0 atom stereocenters. The monoisotopic (exact) mass is 436 g/mol. The second-order valence-electron chi connectivity index (χ2n) is 6.84. The maximum atomic E-state index is 12.8. The third-order valence-electron chi connectivity index (χ3n) is 5.01. The van der Waals surface area contributed by atoms with Crippen LogP contribution >= 0.6 is 11.8 Å². The Morgan fingerprint density at radius 1 is 1.10 bits per heavy atom. The average Bonchev–Trinajstić information content (AvgIpc) is 3.27. The summed E-state index contributed by atoms with van der Waals surface area (Å²) in [5, 5.41) is 2.90. The molecule has 2 fully saturated rings. The van der Waals surface area contributed by atoms with Crippen LogP contribution in [0, 0.1) is 0 Å². The number of carbonyl (C=O) groups is 1. The molecule has 4 rings (SSSR count). The number of H-pyrrole nitrogens is 1. The summed E-state index contributed by atoms with van der Waals surface area (Å²) in [6.07, 6.45) is 1.39. The number of aromatic amines is 1. The molecule has 2 aliphatic rings. The smallest absolute Gasteiger partial charge is 0.272 e. The molecule has 0 unspecified atom stereocenters. The first-order valence-corrected chi connectivity index (χ1v) is 12.1. The first-order valence-electron chi connectivity index (χ1n) is 9.55. The summed E-state index contributed by atoms with van der Waals surface area (Å²) >= 11 is 1.74. The topological polar surface area (TPSA) is 94.7 Å². The van der Waals surface area contributed by atoms with Gasteiger partial charge < -0.3 is 19.9 Å². The summed E-state index contributed by atoms with van der Waals surface area (Å²) in [6.45, 7) is 3.79. The number of rotatable bonds is 5. The first-order chi connectivity index (χ1) is 14.1. The van der Waals surface area contributed by atoms with Crippen molar-refractivity contribution in [3.05, 3.63) is 42.2 Å².